The molecule has 2 aromatic rings. The number of amides is 1. The van der Waals surface area contributed by atoms with Crippen LogP contribution in [0.4, 0.5) is 24.5 Å². The minimum atomic E-state index is -4.37. The van der Waals surface area contributed by atoms with Crippen molar-refractivity contribution in [2.45, 2.75) is 32.9 Å². The van der Waals surface area contributed by atoms with Gasteiger partial charge in [0.1, 0.15) is 0 Å². The number of hydrogen-bond donors (Lipinski definition) is 2. The Morgan fingerprint density at radius 3 is 2.28 bits per heavy atom. The van der Waals surface area contributed by atoms with Crippen molar-refractivity contribution in [2.75, 3.05) is 17.2 Å². The molecule has 0 atom stereocenters. The van der Waals surface area contributed by atoms with Gasteiger partial charge in [-0.25, -0.2) is 0 Å². The maximum Gasteiger partial charge on any atom is 0.416 e. The summed E-state index contributed by atoms with van der Waals surface area (Å²) in [6.45, 7) is 5.98. The highest BCUT2D eigenvalue weighted by Gasteiger charge is 2.29. The summed E-state index contributed by atoms with van der Waals surface area (Å²) in [6.07, 6.45) is -4.37. The predicted octanol–water partition coefficient (Wildman–Crippen LogP) is 5.19. The number of halogens is 3. The number of benzene rings is 2. The predicted molar refractivity (Wildman–Crippen MR) is 93.8 cm³/mol. The van der Waals surface area contributed by atoms with E-state index >= 15 is 0 Å². The van der Waals surface area contributed by atoms with Crippen molar-refractivity contribution in [1.29, 1.82) is 0 Å². The molecule has 134 valence electrons. The van der Waals surface area contributed by atoms with Gasteiger partial charge in [0.25, 0.3) is 0 Å². The van der Waals surface area contributed by atoms with Crippen LogP contribution in [0.2, 0.25) is 0 Å². The van der Waals surface area contributed by atoms with Crippen molar-refractivity contribution >= 4 is 17.3 Å². The summed E-state index contributed by atoms with van der Waals surface area (Å²) < 4.78 is 37.6. The Morgan fingerprint density at radius 2 is 1.72 bits per heavy atom. The Balaban J connectivity index is 2.00. The average molecular weight is 350 g/mol. The minimum Gasteiger partial charge on any atom is -0.376 e. The van der Waals surface area contributed by atoms with Crippen LogP contribution in [0.5, 0.6) is 0 Å². The molecule has 6 heteroatoms. The van der Waals surface area contributed by atoms with E-state index in [4.69, 9.17) is 0 Å². The molecule has 0 aliphatic rings. The number of alkyl halides is 3. The summed E-state index contributed by atoms with van der Waals surface area (Å²) in [4.78, 5) is 12.2. The monoisotopic (exact) mass is 350 g/mol. The van der Waals surface area contributed by atoms with Crippen LogP contribution in [0.15, 0.2) is 42.5 Å². The molecule has 25 heavy (non-hydrogen) atoms. The second-order valence-corrected chi connectivity index (χ2v) is 6.17. The van der Waals surface area contributed by atoms with E-state index in [1.807, 2.05) is 39.0 Å². The van der Waals surface area contributed by atoms with Crippen LogP contribution in [0, 0.1) is 6.92 Å². The Morgan fingerprint density at radius 1 is 1.08 bits per heavy atom. The van der Waals surface area contributed by atoms with E-state index in [1.165, 1.54) is 12.1 Å². The largest absolute Gasteiger partial charge is 0.416 e. The maximum atomic E-state index is 12.5. The highest BCUT2D eigenvalue weighted by Crippen LogP contribution is 2.30. The SMILES string of the molecule is Cc1cccc(C(C)C)c1NC(=O)CNc1ccc(C(F)(F)F)cc1. The summed E-state index contributed by atoms with van der Waals surface area (Å²) in [5.74, 6) is 0.00849. The van der Waals surface area contributed by atoms with Crippen LogP contribution in [0.25, 0.3) is 0 Å². The summed E-state index contributed by atoms with van der Waals surface area (Å²) in [5, 5.41) is 5.72. The molecule has 0 bridgehead atoms. The van der Waals surface area contributed by atoms with Crippen molar-refractivity contribution in [3.63, 3.8) is 0 Å². The van der Waals surface area contributed by atoms with Gasteiger partial charge in [-0.2, -0.15) is 13.2 Å². The van der Waals surface area contributed by atoms with E-state index < -0.39 is 11.7 Å². The molecule has 0 unspecified atom stereocenters. The number of aryl methyl sites for hydroxylation is 1. The van der Waals surface area contributed by atoms with E-state index in [2.05, 4.69) is 10.6 Å². The smallest absolute Gasteiger partial charge is 0.376 e. The molecule has 2 N–H and O–H groups in total. The van der Waals surface area contributed by atoms with Gasteiger partial charge in [0.2, 0.25) is 5.91 Å². The standard InChI is InChI=1S/C19H21F3N2O/c1-12(2)16-6-4-5-13(3)18(16)24-17(25)11-23-15-9-7-14(8-10-15)19(20,21)22/h4-10,12,23H,11H2,1-3H3,(H,24,25). The molecule has 3 nitrogen and oxygen atoms in total. The van der Waals surface area contributed by atoms with Crippen molar-refractivity contribution in [1.82, 2.24) is 0 Å². The quantitative estimate of drug-likeness (QED) is 0.779. The van der Waals surface area contributed by atoms with Gasteiger partial charge < -0.3 is 10.6 Å². The second kappa shape index (κ2) is 7.59. The van der Waals surface area contributed by atoms with E-state index in [0.29, 0.717) is 5.69 Å². The van der Waals surface area contributed by atoms with Gasteiger partial charge in [0, 0.05) is 11.4 Å². The summed E-state index contributed by atoms with van der Waals surface area (Å²) >= 11 is 0. The lowest BCUT2D eigenvalue weighted by Crippen LogP contribution is -2.23. The molecule has 0 radical (unpaired) electrons. The molecular weight excluding hydrogens is 329 g/mol. The maximum absolute atomic E-state index is 12.5. The highest BCUT2D eigenvalue weighted by atomic mass is 19.4. The van der Waals surface area contributed by atoms with Crippen LogP contribution < -0.4 is 10.6 Å². The highest BCUT2D eigenvalue weighted by molar-refractivity contribution is 5.95. The Bertz CT molecular complexity index is 737. The van der Waals surface area contributed by atoms with Crippen LogP contribution >= 0.6 is 0 Å². The Hall–Kier alpha value is -2.50. The lowest BCUT2D eigenvalue weighted by Gasteiger charge is -2.17. The van der Waals surface area contributed by atoms with Crippen LogP contribution in [0.1, 0.15) is 36.5 Å². The van der Waals surface area contributed by atoms with Crippen LogP contribution in [-0.4, -0.2) is 12.5 Å². The zero-order valence-corrected chi connectivity index (χ0v) is 14.4. The van der Waals surface area contributed by atoms with Crippen molar-refractivity contribution < 1.29 is 18.0 Å². The number of carbonyl (C=O) groups excluding carboxylic acids is 1. The summed E-state index contributed by atoms with van der Waals surface area (Å²) in [7, 11) is 0. The first-order valence-electron chi connectivity index (χ1n) is 7.99. The van der Waals surface area contributed by atoms with Gasteiger partial charge in [-0.05, 0) is 48.2 Å². The number of hydrogen-bond acceptors (Lipinski definition) is 2. The zero-order valence-electron chi connectivity index (χ0n) is 14.4. The van der Waals surface area contributed by atoms with E-state index in [9.17, 15) is 18.0 Å². The molecule has 0 aliphatic heterocycles. The third-order valence-corrected chi connectivity index (χ3v) is 3.86. The van der Waals surface area contributed by atoms with Crippen LogP contribution in [0.3, 0.4) is 0 Å². The van der Waals surface area contributed by atoms with Gasteiger partial charge in [-0.3, -0.25) is 4.79 Å². The normalized spacial score (nSPS) is 11.5. The average Bonchev–Trinajstić information content (AvgIpc) is 2.54. The van der Waals surface area contributed by atoms with Gasteiger partial charge in [-0.15, -0.1) is 0 Å². The topological polar surface area (TPSA) is 41.1 Å². The van der Waals surface area contributed by atoms with E-state index in [1.54, 1.807) is 0 Å². The molecule has 0 heterocycles. The molecule has 0 spiro atoms. The molecule has 2 rings (SSSR count). The molecule has 0 aromatic heterocycles. The first kappa shape index (κ1) is 18.8. The molecule has 0 aliphatic carbocycles. The Kier molecular flexibility index (Phi) is 5.72. The summed E-state index contributed by atoms with van der Waals surface area (Å²) in [6, 6.07) is 10.4. The number of nitrogens with one attached hydrogen (secondary N) is 2. The number of rotatable bonds is 5. The number of carbonyl (C=O) groups is 1. The Labute approximate surface area is 145 Å². The summed E-state index contributed by atoms with van der Waals surface area (Å²) in [5.41, 5.74) is 2.54. The van der Waals surface area contributed by atoms with Crippen molar-refractivity contribution in [2.24, 2.45) is 0 Å². The molecule has 0 saturated heterocycles. The molecule has 0 fully saturated rings. The minimum absolute atomic E-state index is 0.0305. The van der Waals surface area contributed by atoms with Gasteiger partial charge in [0.05, 0.1) is 12.1 Å². The lowest BCUT2D eigenvalue weighted by atomic mass is 9.98. The molecule has 0 saturated carbocycles. The second-order valence-electron chi connectivity index (χ2n) is 6.17. The molecule has 2 aromatic carbocycles. The first-order chi connectivity index (χ1) is 11.7. The van der Waals surface area contributed by atoms with Crippen LogP contribution in [-0.2, 0) is 11.0 Å². The third kappa shape index (κ3) is 4.98. The van der Waals surface area contributed by atoms with E-state index in [-0.39, 0.29) is 18.4 Å². The fourth-order valence-corrected chi connectivity index (χ4v) is 2.49. The fourth-order valence-electron chi connectivity index (χ4n) is 2.49. The number of para-hydroxylation sites is 1. The first-order valence-corrected chi connectivity index (χ1v) is 7.99. The van der Waals surface area contributed by atoms with Crippen molar-refractivity contribution in [3.8, 4) is 0 Å². The van der Waals surface area contributed by atoms with Crippen molar-refractivity contribution in [3.05, 3.63) is 59.2 Å². The third-order valence-electron chi connectivity index (χ3n) is 3.86. The van der Waals surface area contributed by atoms with Gasteiger partial charge >= 0.3 is 6.18 Å². The fraction of sp³-hybridized carbons (Fsp3) is 0.316. The lowest BCUT2D eigenvalue weighted by molar-refractivity contribution is -0.137. The zero-order chi connectivity index (χ0) is 18.6. The molecular formula is C19H21F3N2O. The number of anilines is 2. The molecule has 1 amide bonds. The van der Waals surface area contributed by atoms with E-state index in [0.717, 1.165) is 28.9 Å². The van der Waals surface area contributed by atoms with Gasteiger partial charge in [-0.1, -0.05) is 32.0 Å². The van der Waals surface area contributed by atoms with Gasteiger partial charge in [0.15, 0.2) is 0 Å².